The van der Waals surface area contributed by atoms with Crippen LogP contribution in [0.1, 0.15) is 49.4 Å². The monoisotopic (exact) mass is 580 g/mol. The van der Waals surface area contributed by atoms with Crippen molar-refractivity contribution in [1.82, 2.24) is 14.3 Å². The van der Waals surface area contributed by atoms with Gasteiger partial charge in [0, 0.05) is 11.8 Å². The molecule has 0 N–H and O–H groups in total. The van der Waals surface area contributed by atoms with Crippen LogP contribution in [0, 0.1) is 0 Å². The van der Waals surface area contributed by atoms with Crippen LogP contribution in [0.5, 0.6) is 0 Å². The zero-order valence-electron chi connectivity index (χ0n) is 23.1. The predicted octanol–water partition coefficient (Wildman–Crippen LogP) is 5.45. The highest BCUT2D eigenvalue weighted by Gasteiger charge is 2.33. The zero-order valence-corrected chi connectivity index (χ0v) is 24.7. The molecule has 0 aliphatic carbocycles. The second-order valence-electron chi connectivity index (χ2n) is 10.1. The predicted molar refractivity (Wildman–Crippen MR) is 163 cm³/mol. The van der Waals surface area contributed by atoms with E-state index >= 15 is 0 Å². The van der Waals surface area contributed by atoms with Crippen molar-refractivity contribution in [2.75, 3.05) is 7.11 Å². The molecule has 206 valence electrons. The molecule has 0 saturated carbocycles. The van der Waals surface area contributed by atoms with Crippen molar-refractivity contribution in [3.05, 3.63) is 126 Å². The lowest BCUT2D eigenvalue weighted by Gasteiger charge is -2.24. The van der Waals surface area contributed by atoms with Gasteiger partial charge in [-0.05, 0) is 53.6 Å². The van der Waals surface area contributed by atoms with Crippen LogP contribution in [-0.2, 0) is 9.53 Å². The van der Waals surface area contributed by atoms with Gasteiger partial charge in [-0.3, -0.25) is 9.36 Å². The van der Waals surface area contributed by atoms with Gasteiger partial charge in [0.05, 0.1) is 39.5 Å². The molecule has 1 aliphatic heterocycles. The Labute approximate surface area is 245 Å². The average molecular weight is 581 g/mol. The van der Waals surface area contributed by atoms with Crippen LogP contribution in [0.4, 0.5) is 0 Å². The number of carbonyl (C=O) groups excluding carboxylic acids is 1. The Morgan fingerprint density at radius 3 is 2.46 bits per heavy atom. The summed E-state index contributed by atoms with van der Waals surface area (Å²) in [5, 5.41) is 6.88. The van der Waals surface area contributed by atoms with Crippen molar-refractivity contribution in [2.24, 2.45) is 4.99 Å². The molecule has 41 heavy (non-hydrogen) atoms. The summed E-state index contributed by atoms with van der Waals surface area (Å²) in [4.78, 5) is 33.3. The lowest BCUT2D eigenvalue weighted by atomic mass is 9.93. The molecule has 0 amide bonds. The highest BCUT2D eigenvalue weighted by atomic mass is 32.1. The molecule has 6 rings (SSSR count). The Hall–Kier alpha value is -4.34. The molecule has 1 atom stereocenters. The summed E-state index contributed by atoms with van der Waals surface area (Å²) in [6, 6.07) is 21.3. The molecule has 4 heterocycles. The quantitative estimate of drug-likeness (QED) is 0.251. The van der Waals surface area contributed by atoms with Crippen molar-refractivity contribution in [1.29, 1.82) is 0 Å². The Balaban J connectivity index is 1.54. The first-order valence-corrected chi connectivity index (χ1v) is 14.9. The van der Waals surface area contributed by atoms with Gasteiger partial charge in [-0.15, -0.1) is 11.3 Å². The lowest BCUT2D eigenvalue weighted by Crippen LogP contribution is -2.39. The number of carbonyl (C=O) groups is 1. The topological polar surface area (TPSA) is 78.5 Å². The van der Waals surface area contributed by atoms with Crippen molar-refractivity contribution in [3.63, 3.8) is 0 Å². The van der Waals surface area contributed by atoms with Crippen LogP contribution in [0.25, 0.3) is 22.3 Å². The van der Waals surface area contributed by atoms with Crippen LogP contribution in [0.15, 0.2) is 99.4 Å². The van der Waals surface area contributed by atoms with Gasteiger partial charge in [-0.2, -0.15) is 5.10 Å². The van der Waals surface area contributed by atoms with Crippen molar-refractivity contribution in [3.8, 4) is 16.3 Å². The van der Waals surface area contributed by atoms with Crippen LogP contribution < -0.4 is 14.9 Å². The van der Waals surface area contributed by atoms with Gasteiger partial charge in [0.25, 0.3) is 5.56 Å². The maximum atomic E-state index is 14.1. The highest BCUT2D eigenvalue weighted by Crippen LogP contribution is 2.32. The molecule has 0 fully saturated rings. The van der Waals surface area contributed by atoms with E-state index in [4.69, 9.17) is 9.84 Å². The molecule has 2 aromatic carbocycles. The summed E-state index contributed by atoms with van der Waals surface area (Å²) in [5.41, 5.74) is 5.23. The maximum absolute atomic E-state index is 14.1. The fourth-order valence-corrected chi connectivity index (χ4v) is 6.79. The first-order valence-electron chi connectivity index (χ1n) is 13.3. The Kier molecular flexibility index (Phi) is 7.15. The molecule has 3 aromatic heterocycles. The fourth-order valence-electron chi connectivity index (χ4n) is 5.02. The van der Waals surface area contributed by atoms with Gasteiger partial charge < -0.3 is 4.74 Å². The van der Waals surface area contributed by atoms with E-state index in [0.717, 1.165) is 27.4 Å². The number of nitrogens with zero attached hydrogens (tertiary/aromatic N) is 4. The third-order valence-corrected chi connectivity index (χ3v) is 9.01. The summed E-state index contributed by atoms with van der Waals surface area (Å²) in [7, 11) is 1.35. The van der Waals surface area contributed by atoms with E-state index in [1.54, 1.807) is 22.8 Å². The number of allylic oxidation sites excluding steroid dienone is 1. The van der Waals surface area contributed by atoms with Crippen LogP contribution >= 0.6 is 22.7 Å². The summed E-state index contributed by atoms with van der Waals surface area (Å²) < 4.78 is 9.11. The summed E-state index contributed by atoms with van der Waals surface area (Å²) in [6.07, 6.45) is 3.82. The second kappa shape index (κ2) is 10.9. The zero-order chi connectivity index (χ0) is 28.7. The molecule has 9 heteroatoms. The first kappa shape index (κ1) is 26.9. The first-order chi connectivity index (χ1) is 19.9. The smallest absolute Gasteiger partial charge is 0.338 e. The molecule has 5 aromatic rings. The Bertz CT molecular complexity index is 1950. The number of para-hydroxylation sites is 1. The SMILES string of the molecule is COC(=O)C1=C(C)N=c2s/c(=C\c3cn(-c4ccccc4)nc3-c3cccs3)c(=O)n2[C@H]1c1ccc(C(C)C)cc1. The van der Waals surface area contributed by atoms with Crippen LogP contribution in [0.2, 0.25) is 0 Å². The normalized spacial score (nSPS) is 15.2. The van der Waals surface area contributed by atoms with E-state index < -0.39 is 12.0 Å². The van der Waals surface area contributed by atoms with E-state index in [-0.39, 0.29) is 5.56 Å². The number of hydrogen-bond donors (Lipinski definition) is 0. The molecule has 0 saturated heterocycles. The van der Waals surface area contributed by atoms with E-state index in [0.29, 0.717) is 26.5 Å². The number of methoxy groups -OCH3 is 1. The number of fused-ring (bicyclic) bond motifs is 1. The number of aromatic nitrogens is 3. The van der Waals surface area contributed by atoms with Gasteiger partial charge in [-0.25, -0.2) is 14.5 Å². The van der Waals surface area contributed by atoms with Crippen LogP contribution in [-0.4, -0.2) is 27.4 Å². The molecule has 0 spiro atoms. The number of rotatable bonds is 6. The minimum absolute atomic E-state index is 0.217. The van der Waals surface area contributed by atoms with Crippen molar-refractivity contribution >= 4 is 34.7 Å². The molecule has 7 nitrogen and oxygen atoms in total. The maximum Gasteiger partial charge on any atom is 0.338 e. The summed E-state index contributed by atoms with van der Waals surface area (Å²) in [5.74, 6) is -0.139. The number of thiazole rings is 1. The Morgan fingerprint density at radius 1 is 1.05 bits per heavy atom. The number of esters is 1. The van der Waals surface area contributed by atoms with Gasteiger partial charge in [0.1, 0.15) is 5.69 Å². The number of benzene rings is 2. The summed E-state index contributed by atoms with van der Waals surface area (Å²) in [6.45, 7) is 6.05. The lowest BCUT2D eigenvalue weighted by molar-refractivity contribution is -0.136. The number of thiophene rings is 1. The van der Waals surface area contributed by atoms with Crippen molar-refractivity contribution < 1.29 is 9.53 Å². The molecule has 1 aliphatic rings. The summed E-state index contributed by atoms with van der Waals surface area (Å²) >= 11 is 2.90. The fraction of sp³-hybridized carbons (Fsp3) is 0.188. The Morgan fingerprint density at radius 2 is 1.80 bits per heavy atom. The third-order valence-electron chi connectivity index (χ3n) is 7.15. The number of ether oxygens (including phenoxy) is 1. The highest BCUT2D eigenvalue weighted by molar-refractivity contribution is 7.13. The molecule has 0 bridgehead atoms. The average Bonchev–Trinajstić information content (AvgIpc) is 3.72. The van der Waals surface area contributed by atoms with E-state index in [1.807, 2.05) is 89.1 Å². The molecular formula is C32H28N4O3S2. The molecule has 0 radical (unpaired) electrons. The van der Waals surface area contributed by atoms with Crippen LogP contribution in [0.3, 0.4) is 0 Å². The van der Waals surface area contributed by atoms with Gasteiger partial charge in [0.15, 0.2) is 4.80 Å². The van der Waals surface area contributed by atoms with Gasteiger partial charge in [0.2, 0.25) is 0 Å². The second-order valence-corrected chi connectivity index (χ2v) is 12.0. The minimum Gasteiger partial charge on any atom is -0.466 e. The van der Waals surface area contributed by atoms with E-state index in [9.17, 15) is 9.59 Å². The van der Waals surface area contributed by atoms with Crippen molar-refractivity contribution in [2.45, 2.75) is 32.7 Å². The number of hydrogen-bond acceptors (Lipinski definition) is 7. The molecular weight excluding hydrogens is 553 g/mol. The third kappa shape index (κ3) is 4.92. The van der Waals surface area contributed by atoms with Gasteiger partial charge in [-0.1, -0.05) is 73.7 Å². The van der Waals surface area contributed by atoms with Gasteiger partial charge >= 0.3 is 5.97 Å². The largest absolute Gasteiger partial charge is 0.466 e. The minimum atomic E-state index is -0.647. The van der Waals surface area contributed by atoms with E-state index in [2.05, 4.69) is 18.8 Å². The van der Waals surface area contributed by atoms with E-state index in [1.165, 1.54) is 24.0 Å². The standard InChI is InChI=1S/C32H28N4O3S2/c1-19(2)21-12-14-22(15-13-21)29-27(31(38)39-4)20(3)33-32-36(29)30(37)26(41-32)17-23-18-35(24-9-6-5-7-10-24)34-28(23)25-11-8-16-40-25/h5-19,29H,1-4H3/b26-17-/t29-/m0/s1. The molecule has 0 unspecified atom stereocenters.